The van der Waals surface area contributed by atoms with Crippen LogP contribution in [0.5, 0.6) is 0 Å². The van der Waals surface area contributed by atoms with Crippen LogP contribution in [0.4, 0.5) is 0 Å². The molecule has 0 bridgehead atoms. The number of fused-ring (bicyclic) bond motifs is 3. The van der Waals surface area contributed by atoms with Crippen molar-refractivity contribution in [2.75, 3.05) is 19.8 Å². The van der Waals surface area contributed by atoms with Gasteiger partial charge in [-0.1, -0.05) is 22.9 Å². The highest BCUT2D eigenvalue weighted by Crippen LogP contribution is 2.44. The molecule has 1 spiro atoms. The summed E-state index contributed by atoms with van der Waals surface area (Å²) < 4.78 is 13.7. The van der Waals surface area contributed by atoms with Crippen LogP contribution < -0.4 is 0 Å². The monoisotopic (exact) mass is 480 g/mol. The fraction of sp³-hybridized carbons (Fsp3) is 0.520. The van der Waals surface area contributed by atoms with E-state index in [1.54, 1.807) is 0 Å². The zero-order chi connectivity index (χ0) is 23.1. The predicted molar refractivity (Wildman–Crippen MR) is 126 cm³/mol. The van der Waals surface area contributed by atoms with Gasteiger partial charge in [-0.2, -0.15) is 0 Å². The lowest BCUT2D eigenvalue weighted by Gasteiger charge is -2.48. The second kappa shape index (κ2) is 9.00. The van der Waals surface area contributed by atoms with Crippen LogP contribution in [0.25, 0.3) is 0 Å². The minimum Gasteiger partial charge on any atom is -0.376 e. The van der Waals surface area contributed by atoms with Crippen molar-refractivity contribution in [3.63, 3.8) is 0 Å². The van der Waals surface area contributed by atoms with E-state index in [2.05, 4.69) is 39.3 Å². The Morgan fingerprint density at radius 1 is 1.18 bits per heavy atom. The van der Waals surface area contributed by atoms with Gasteiger partial charge in [-0.3, -0.25) is 4.90 Å². The Kier molecular flexibility index (Phi) is 5.85. The average Bonchev–Trinajstić information content (AvgIpc) is 3.28. The number of likely N-dealkylation sites (tertiary alicyclic amines) is 1. The standard InChI is InChI=1S/C25H29ClN6O2/c1-17-11-25(22-10-20(26)3-2-18(22)4-9-34-25)6-7-31(17)13-21-14-32(30-29-21)15-24-27-12-19-16-33-8-5-23(19)28-24/h2-3,10,12,14,17H,4-9,11,13,15-16H2,1H3/t17-,25+/m0/s1. The molecule has 5 heterocycles. The molecule has 178 valence electrons. The van der Waals surface area contributed by atoms with Crippen LogP contribution in [0, 0.1) is 0 Å². The number of aromatic nitrogens is 5. The molecule has 1 saturated heterocycles. The van der Waals surface area contributed by atoms with Crippen LogP contribution in [-0.2, 0) is 47.6 Å². The number of piperidine rings is 1. The van der Waals surface area contributed by atoms with Gasteiger partial charge in [0, 0.05) is 42.3 Å². The lowest BCUT2D eigenvalue weighted by atomic mass is 9.77. The summed E-state index contributed by atoms with van der Waals surface area (Å²) in [5.41, 5.74) is 5.54. The Morgan fingerprint density at radius 3 is 3.03 bits per heavy atom. The number of hydrogen-bond donors (Lipinski definition) is 0. The summed E-state index contributed by atoms with van der Waals surface area (Å²) in [6, 6.07) is 6.62. The molecule has 0 amide bonds. The van der Waals surface area contributed by atoms with E-state index in [4.69, 9.17) is 26.1 Å². The highest BCUT2D eigenvalue weighted by atomic mass is 35.5. The third kappa shape index (κ3) is 4.24. The molecule has 9 heteroatoms. The van der Waals surface area contributed by atoms with Crippen LogP contribution in [0.3, 0.4) is 0 Å². The normalized spacial score (nSPS) is 24.7. The van der Waals surface area contributed by atoms with E-state index in [9.17, 15) is 0 Å². The van der Waals surface area contributed by atoms with Gasteiger partial charge in [0.2, 0.25) is 0 Å². The Hall–Kier alpha value is -2.39. The van der Waals surface area contributed by atoms with Crippen molar-refractivity contribution in [1.29, 1.82) is 0 Å². The molecule has 1 fully saturated rings. The zero-order valence-corrected chi connectivity index (χ0v) is 20.2. The maximum atomic E-state index is 6.43. The molecule has 3 aliphatic heterocycles. The average molecular weight is 481 g/mol. The molecule has 0 radical (unpaired) electrons. The zero-order valence-electron chi connectivity index (χ0n) is 19.4. The molecular weight excluding hydrogens is 452 g/mol. The minimum atomic E-state index is -0.235. The molecule has 3 aliphatic rings. The maximum absolute atomic E-state index is 6.43. The van der Waals surface area contributed by atoms with E-state index in [-0.39, 0.29) is 5.60 Å². The summed E-state index contributed by atoms with van der Waals surface area (Å²) in [6.07, 6.45) is 7.57. The third-order valence-corrected chi connectivity index (χ3v) is 7.60. The third-order valence-electron chi connectivity index (χ3n) is 7.36. The molecule has 2 atom stereocenters. The molecule has 0 N–H and O–H groups in total. The van der Waals surface area contributed by atoms with Gasteiger partial charge in [-0.15, -0.1) is 5.10 Å². The molecule has 0 aliphatic carbocycles. The molecule has 34 heavy (non-hydrogen) atoms. The smallest absolute Gasteiger partial charge is 0.150 e. The number of ether oxygens (including phenoxy) is 2. The first-order valence-electron chi connectivity index (χ1n) is 12.1. The van der Waals surface area contributed by atoms with Gasteiger partial charge in [0.1, 0.15) is 12.4 Å². The predicted octanol–water partition coefficient (Wildman–Crippen LogP) is 3.30. The van der Waals surface area contributed by atoms with Gasteiger partial charge in [-0.25, -0.2) is 14.6 Å². The highest BCUT2D eigenvalue weighted by Gasteiger charge is 2.43. The molecule has 0 saturated carbocycles. The first-order chi connectivity index (χ1) is 16.6. The lowest BCUT2D eigenvalue weighted by Crippen LogP contribution is -2.50. The van der Waals surface area contributed by atoms with Crippen LogP contribution >= 0.6 is 11.6 Å². The Labute approximate surface area is 204 Å². The van der Waals surface area contributed by atoms with Crippen LogP contribution in [-0.4, -0.2) is 55.7 Å². The number of benzene rings is 1. The molecule has 8 nitrogen and oxygen atoms in total. The molecule has 1 aromatic carbocycles. The summed E-state index contributed by atoms with van der Waals surface area (Å²) in [7, 11) is 0. The number of hydrogen-bond acceptors (Lipinski definition) is 7. The molecule has 6 rings (SSSR count). The van der Waals surface area contributed by atoms with Crippen molar-refractivity contribution < 1.29 is 9.47 Å². The first-order valence-corrected chi connectivity index (χ1v) is 12.4. The highest BCUT2D eigenvalue weighted by molar-refractivity contribution is 6.30. The summed E-state index contributed by atoms with van der Waals surface area (Å²) in [5.74, 6) is 0.761. The van der Waals surface area contributed by atoms with E-state index in [1.807, 2.05) is 23.1 Å². The second-order valence-corrected chi connectivity index (χ2v) is 10.1. The van der Waals surface area contributed by atoms with Crippen LogP contribution in [0.15, 0.2) is 30.6 Å². The fourth-order valence-electron chi connectivity index (χ4n) is 5.58. The van der Waals surface area contributed by atoms with Crippen molar-refractivity contribution in [1.82, 2.24) is 29.9 Å². The van der Waals surface area contributed by atoms with Gasteiger partial charge in [0.15, 0.2) is 0 Å². The summed E-state index contributed by atoms with van der Waals surface area (Å²) in [5, 5.41) is 9.54. The SMILES string of the molecule is C[C@H]1C[C@@]2(CCN1Cc1cn(Cc3ncc4c(n3)CCOC4)nn1)OCCc1ccc(Cl)cc12. The Balaban J connectivity index is 1.12. The Bertz CT molecular complexity index is 1200. The maximum Gasteiger partial charge on any atom is 0.150 e. The lowest BCUT2D eigenvalue weighted by molar-refractivity contribution is -0.113. The molecule has 2 aromatic heterocycles. The summed E-state index contributed by atoms with van der Waals surface area (Å²) in [6.45, 7) is 6.59. The minimum absolute atomic E-state index is 0.235. The van der Waals surface area contributed by atoms with Gasteiger partial charge < -0.3 is 9.47 Å². The number of halogens is 1. The largest absolute Gasteiger partial charge is 0.376 e. The van der Waals surface area contributed by atoms with Crippen molar-refractivity contribution >= 4 is 11.6 Å². The van der Waals surface area contributed by atoms with Gasteiger partial charge >= 0.3 is 0 Å². The first kappa shape index (κ1) is 22.1. The molecule has 3 aromatic rings. The summed E-state index contributed by atoms with van der Waals surface area (Å²) in [4.78, 5) is 11.7. The van der Waals surface area contributed by atoms with Crippen LogP contribution in [0.2, 0.25) is 5.02 Å². The van der Waals surface area contributed by atoms with Crippen molar-refractivity contribution in [3.05, 3.63) is 69.5 Å². The van der Waals surface area contributed by atoms with Crippen molar-refractivity contribution in [3.8, 4) is 0 Å². The summed E-state index contributed by atoms with van der Waals surface area (Å²) >= 11 is 6.35. The number of rotatable bonds is 4. The van der Waals surface area contributed by atoms with Gasteiger partial charge in [-0.05, 0) is 49.4 Å². The van der Waals surface area contributed by atoms with Crippen LogP contribution in [0.1, 0.15) is 53.7 Å². The van der Waals surface area contributed by atoms with Crippen molar-refractivity contribution in [2.24, 2.45) is 0 Å². The van der Waals surface area contributed by atoms with Gasteiger partial charge in [0.05, 0.1) is 43.0 Å². The topological polar surface area (TPSA) is 78.2 Å². The Morgan fingerprint density at radius 2 is 2.12 bits per heavy atom. The fourth-order valence-corrected chi connectivity index (χ4v) is 5.75. The van der Waals surface area contributed by atoms with E-state index >= 15 is 0 Å². The van der Waals surface area contributed by atoms with E-state index in [0.717, 1.165) is 79.8 Å². The molecular formula is C25H29ClN6O2. The van der Waals surface area contributed by atoms with E-state index in [1.165, 1.54) is 11.1 Å². The second-order valence-electron chi connectivity index (χ2n) is 9.64. The van der Waals surface area contributed by atoms with Crippen molar-refractivity contribution in [2.45, 2.75) is 63.9 Å². The number of nitrogens with zero attached hydrogens (tertiary/aromatic N) is 6. The quantitative estimate of drug-likeness (QED) is 0.567. The van der Waals surface area contributed by atoms with E-state index in [0.29, 0.717) is 19.2 Å². The van der Waals surface area contributed by atoms with E-state index < -0.39 is 0 Å². The van der Waals surface area contributed by atoms with Gasteiger partial charge in [0.25, 0.3) is 0 Å². The molecule has 0 unspecified atom stereocenters.